The first-order valence-corrected chi connectivity index (χ1v) is 6.37. The molecule has 1 fully saturated rings. The molecule has 0 amide bonds. The maximum Gasteiger partial charge on any atom is 0.165 e. The monoisotopic (exact) mass is 251 g/mol. The molecular weight excluding hydrogens is 230 g/mol. The average molecular weight is 251 g/mol. The lowest BCUT2D eigenvalue weighted by Gasteiger charge is -2.14. The van der Waals surface area contributed by atoms with Gasteiger partial charge in [-0.25, -0.2) is 0 Å². The van der Waals surface area contributed by atoms with Crippen molar-refractivity contribution in [1.29, 1.82) is 0 Å². The minimum absolute atomic E-state index is 0.363. The number of nitrogens with one attached hydrogen (secondary N) is 1. The molecule has 0 bridgehead atoms. The molecule has 0 radical (unpaired) electrons. The van der Waals surface area contributed by atoms with Gasteiger partial charge in [-0.05, 0) is 18.9 Å². The Morgan fingerprint density at radius 2 is 2.22 bits per heavy atom. The molecule has 1 aliphatic heterocycles. The van der Waals surface area contributed by atoms with Crippen molar-refractivity contribution in [2.75, 3.05) is 27.4 Å². The van der Waals surface area contributed by atoms with Gasteiger partial charge in [-0.1, -0.05) is 12.1 Å². The van der Waals surface area contributed by atoms with E-state index in [9.17, 15) is 0 Å². The molecule has 4 nitrogen and oxygen atoms in total. The lowest BCUT2D eigenvalue weighted by molar-refractivity contribution is 0.110. The van der Waals surface area contributed by atoms with Crippen molar-refractivity contribution >= 4 is 0 Å². The van der Waals surface area contributed by atoms with Crippen molar-refractivity contribution in [3.63, 3.8) is 0 Å². The van der Waals surface area contributed by atoms with E-state index in [1.807, 2.05) is 18.2 Å². The summed E-state index contributed by atoms with van der Waals surface area (Å²) in [5.41, 5.74) is 1.11. The molecule has 1 heterocycles. The van der Waals surface area contributed by atoms with Gasteiger partial charge in [0.15, 0.2) is 11.5 Å². The summed E-state index contributed by atoms with van der Waals surface area (Å²) < 4.78 is 16.2. The minimum Gasteiger partial charge on any atom is -0.493 e. The van der Waals surface area contributed by atoms with Crippen LogP contribution in [0.2, 0.25) is 0 Å². The van der Waals surface area contributed by atoms with Crippen molar-refractivity contribution in [3.05, 3.63) is 23.8 Å². The van der Waals surface area contributed by atoms with Gasteiger partial charge >= 0.3 is 0 Å². The van der Waals surface area contributed by atoms with Crippen molar-refractivity contribution in [2.24, 2.45) is 0 Å². The van der Waals surface area contributed by atoms with Gasteiger partial charge in [0.25, 0.3) is 0 Å². The fourth-order valence-electron chi connectivity index (χ4n) is 2.27. The molecule has 1 N–H and O–H groups in total. The second-order valence-corrected chi connectivity index (χ2v) is 4.42. The SMILES string of the molecule is COc1cccc(CNCC2CCCO2)c1OC. The molecule has 0 saturated carbocycles. The third-order valence-electron chi connectivity index (χ3n) is 3.20. The lowest BCUT2D eigenvalue weighted by Crippen LogP contribution is -2.25. The highest BCUT2D eigenvalue weighted by atomic mass is 16.5. The van der Waals surface area contributed by atoms with Gasteiger partial charge in [-0.3, -0.25) is 0 Å². The zero-order valence-electron chi connectivity index (χ0n) is 11.1. The quantitative estimate of drug-likeness (QED) is 0.839. The van der Waals surface area contributed by atoms with E-state index in [1.165, 1.54) is 6.42 Å². The predicted octanol–water partition coefficient (Wildman–Crippen LogP) is 1.97. The van der Waals surface area contributed by atoms with Gasteiger partial charge < -0.3 is 19.5 Å². The van der Waals surface area contributed by atoms with Gasteiger partial charge in [0.1, 0.15) is 0 Å². The second-order valence-electron chi connectivity index (χ2n) is 4.42. The third kappa shape index (κ3) is 3.15. The molecule has 1 unspecified atom stereocenters. The summed E-state index contributed by atoms with van der Waals surface area (Å²) in [5.74, 6) is 1.58. The Bertz CT molecular complexity index is 375. The number of ether oxygens (including phenoxy) is 3. The van der Waals surface area contributed by atoms with Crippen LogP contribution in [0, 0.1) is 0 Å². The van der Waals surface area contributed by atoms with Gasteiger partial charge in [0.05, 0.1) is 20.3 Å². The van der Waals surface area contributed by atoms with Crippen molar-refractivity contribution in [2.45, 2.75) is 25.5 Å². The molecule has 1 aromatic rings. The van der Waals surface area contributed by atoms with Crippen LogP contribution in [-0.2, 0) is 11.3 Å². The first kappa shape index (κ1) is 13.2. The Kier molecular flexibility index (Phi) is 4.84. The largest absolute Gasteiger partial charge is 0.493 e. The Labute approximate surface area is 108 Å². The number of para-hydroxylation sites is 1. The fraction of sp³-hybridized carbons (Fsp3) is 0.571. The van der Waals surface area contributed by atoms with Gasteiger partial charge in [0, 0.05) is 25.3 Å². The Balaban J connectivity index is 1.91. The first-order valence-electron chi connectivity index (χ1n) is 6.37. The van der Waals surface area contributed by atoms with E-state index in [0.717, 1.165) is 43.2 Å². The minimum atomic E-state index is 0.363. The van der Waals surface area contributed by atoms with Crippen LogP contribution >= 0.6 is 0 Å². The molecule has 0 aromatic heterocycles. The molecule has 1 aromatic carbocycles. The molecule has 1 atom stereocenters. The van der Waals surface area contributed by atoms with Crippen LogP contribution in [0.25, 0.3) is 0 Å². The van der Waals surface area contributed by atoms with Gasteiger partial charge in [-0.2, -0.15) is 0 Å². The van der Waals surface area contributed by atoms with Crippen molar-refractivity contribution < 1.29 is 14.2 Å². The van der Waals surface area contributed by atoms with Crippen LogP contribution in [0.4, 0.5) is 0 Å². The number of benzene rings is 1. The number of hydrogen-bond acceptors (Lipinski definition) is 4. The average Bonchev–Trinajstić information content (AvgIpc) is 2.91. The maximum atomic E-state index is 5.57. The van der Waals surface area contributed by atoms with Crippen molar-refractivity contribution in [3.8, 4) is 11.5 Å². The highest BCUT2D eigenvalue weighted by molar-refractivity contribution is 5.46. The summed E-state index contributed by atoms with van der Waals surface area (Å²) in [4.78, 5) is 0. The molecule has 4 heteroatoms. The van der Waals surface area contributed by atoms with Crippen molar-refractivity contribution in [1.82, 2.24) is 5.32 Å². The standard InChI is InChI=1S/C14H21NO3/c1-16-13-7-3-5-11(14(13)17-2)9-15-10-12-6-4-8-18-12/h3,5,7,12,15H,4,6,8-10H2,1-2H3. The van der Waals surface area contributed by atoms with E-state index in [-0.39, 0.29) is 0 Å². The predicted molar refractivity (Wildman–Crippen MR) is 70.2 cm³/mol. The molecule has 100 valence electrons. The molecule has 2 rings (SSSR count). The molecule has 1 aliphatic rings. The van der Waals surface area contributed by atoms with Crippen LogP contribution in [0.3, 0.4) is 0 Å². The summed E-state index contributed by atoms with van der Waals surface area (Å²) >= 11 is 0. The maximum absolute atomic E-state index is 5.57. The van der Waals surface area contributed by atoms with E-state index >= 15 is 0 Å². The second kappa shape index (κ2) is 6.61. The zero-order chi connectivity index (χ0) is 12.8. The highest BCUT2D eigenvalue weighted by Gasteiger charge is 2.15. The summed E-state index contributed by atoms with van der Waals surface area (Å²) in [6, 6.07) is 5.93. The zero-order valence-corrected chi connectivity index (χ0v) is 11.1. The fourth-order valence-corrected chi connectivity index (χ4v) is 2.27. The van der Waals surface area contributed by atoms with Crippen LogP contribution in [-0.4, -0.2) is 33.5 Å². The summed E-state index contributed by atoms with van der Waals surface area (Å²) in [6.07, 6.45) is 2.69. The van der Waals surface area contributed by atoms with Crippen LogP contribution < -0.4 is 14.8 Å². The van der Waals surface area contributed by atoms with E-state index in [1.54, 1.807) is 14.2 Å². The number of hydrogen-bond donors (Lipinski definition) is 1. The summed E-state index contributed by atoms with van der Waals surface area (Å²) in [5, 5.41) is 3.41. The third-order valence-corrected chi connectivity index (χ3v) is 3.20. The molecule has 1 saturated heterocycles. The Morgan fingerprint density at radius 1 is 1.33 bits per heavy atom. The molecule has 18 heavy (non-hydrogen) atoms. The smallest absolute Gasteiger partial charge is 0.165 e. The molecular formula is C14H21NO3. The Hall–Kier alpha value is -1.26. The topological polar surface area (TPSA) is 39.7 Å². The lowest BCUT2D eigenvalue weighted by atomic mass is 10.1. The van der Waals surface area contributed by atoms with E-state index in [0.29, 0.717) is 6.10 Å². The normalized spacial score (nSPS) is 18.9. The molecule has 0 aliphatic carbocycles. The summed E-state index contributed by atoms with van der Waals surface area (Å²) in [6.45, 7) is 2.55. The van der Waals surface area contributed by atoms with Crippen LogP contribution in [0.15, 0.2) is 18.2 Å². The van der Waals surface area contributed by atoms with Crippen LogP contribution in [0.1, 0.15) is 18.4 Å². The van der Waals surface area contributed by atoms with E-state index < -0.39 is 0 Å². The first-order chi connectivity index (χ1) is 8.85. The van der Waals surface area contributed by atoms with Gasteiger partial charge in [0.2, 0.25) is 0 Å². The van der Waals surface area contributed by atoms with Crippen LogP contribution in [0.5, 0.6) is 11.5 Å². The number of methoxy groups -OCH3 is 2. The molecule has 0 spiro atoms. The van der Waals surface area contributed by atoms with Gasteiger partial charge in [-0.15, -0.1) is 0 Å². The van der Waals surface area contributed by atoms with E-state index in [2.05, 4.69) is 5.32 Å². The summed E-state index contributed by atoms with van der Waals surface area (Å²) in [7, 11) is 3.32. The highest BCUT2D eigenvalue weighted by Crippen LogP contribution is 2.30. The number of rotatable bonds is 6. The van der Waals surface area contributed by atoms with E-state index in [4.69, 9.17) is 14.2 Å². The Morgan fingerprint density at radius 3 is 2.89 bits per heavy atom.